The Bertz CT molecular complexity index is 420. The van der Waals surface area contributed by atoms with Crippen molar-refractivity contribution in [2.24, 2.45) is 5.84 Å². The molecule has 0 fully saturated rings. The normalized spacial score (nSPS) is 12.6. The van der Waals surface area contributed by atoms with Crippen molar-refractivity contribution in [3.8, 4) is 0 Å². The number of thiophene rings is 1. The topological polar surface area (TPSA) is 38.0 Å². The molecule has 0 bridgehead atoms. The minimum atomic E-state index is 0.203. The van der Waals surface area contributed by atoms with Crippen LogP contribution in [-0.2, 0) is 6.42 Å². The summed E-state index contributed by atoms with van der Waals surface area (Å²) in [5.74, 6) is 5.60. The SMILES string of the molecule is Cc1ccc(CC(NN)c2ccsc2)cc1. The highest BCUT2D eigenvalue weighted by Crippen LogP contribution is 2.20. The first-order chi connectivity index (χ1) is 7.79. The first kappa shape index (κ1) is 11.3. The quantitative estimate of drug-likeness (QED) is 0.628. The Balaban J connectivity index is 2.10. The number of nitrogens with one attached hydrogen (secondary N) is 1. The average Bonchev–Trinajstić information content (AvgIpc) is 2.82. The maximum atomic E-state index is 5.60. The van der Waals surface area contributed by atoms with E-state index in [0.29, 0.717) is 0 Å². The van der Waals surface area contributed by atoms with E-state index in [1.165, 1.54) is 16.7 Å². The second kappa shape index (κ2) is 5.25. The summed E-state index contributed by atoms with van der Waals surface area (Å²) in [6.45, 7) is 2.10. The van der Waals surface area contributed by atoms with Crippen molar-refractivity contribution in [1.29, 1.82) is 0 Å². The largest absolute Gasteiger partial charge is 0.271 e. The van der Waals surface area contributed by atoms with Gasteiger partial charge in [-0.15, -0.1) is 0 Å². The lowest BCUT2D eigenvalue weighted by molar-refractivity contribution is 0.553. The van der Waals surface area contributed by atoms with Crippen molar-refractivity contribution < 1.29 is 0 Å². The van der Waals surface area contributed by atoms with Crippen molar-refractivity contribution >= 4 is 11.3 Å². The second-order valence-electron chi connectivity index (χ2n) is 3.97. The molecule has 2 aromatic rings. The summed E-state index contributed by atoms with van der Waals surface area (Å²) in [7, 11) is 0. The molecule has 0 amide bonds. The maximum Gasteiger partial charge on any atom is 0.0508 e. The van der Waals surface area contributed by atoms with E-state index in [4.69, 9.17) is 5.84 Å². The van der Waals surface area contributed by atoms with E-state index in [-0.39, 0.29) is 6.04 Å². The van der Waals surface area contributed by atoms with Gasteiger partial charge in [0, 0.05) is 0 Å². The zero-order chi connectivity index (χ0) is 11.4. The molecule has 0 radical (unpaired) electrons. The monoisotopic (exact) mass is 232 g/mol. The van der Waals surface area contributed by atoms with Crippen LogP contribution in [0.5, 0.6) is 0 Å². The van der Waals surface area contributed by atoms with Gasteiger partial charge < -0.3 is 0 Å². The molecule has 84 valence electrons. The maximum absolute atomic E-state index is 5.60. The van der Waals surface area contributed by atoms with Crippen LogP contribution in [0.25, 0.3) is 0 Å². The summed E-state index contributed by atoms with van der Waals surface area (Å²) in [4.78, 5) is 0. The molecule has 0 spiro atoms. The van der Waals surface area contributed by atoms with Gasteiger partial charge in [-0.1, -0.05) is 29.8 Å². The molecular weight excluding hydrogens is 216 g/mol. The fraction of sp³-hybridized carbons (Fsp3) is 0.231. The fourth-order valence-corrected chi connectivity index (χ4v) is 2.42. The number of hydrazine groups is 1. The van der Waals surface area contributed by atoms with E-state index >= 15 is 0 Å². The number of hydrogen-bond acceptors (Lipinski definition) is 3. The predicted molar refractivity (Wildman–Crippen MR) is 69.3 cm³/mol. The van der Waals surface area contributed by atoms with Gasteiger partial charge in [0.2, 0.25) is 0 Å². The van der Waals surface area contributed by atoms with Gasteiger partial charge >= 0.3 is 0 Å². The summed E-state index contributed by atoms with van der Waals surface area (Å²) in [5, 5.41) is 4.22. The highest BCUT2D eigenvalue weighted by molar-refractivity contribution is 7.07. The van der Waals surface area contributed by atoms with Gasteiger partial charge in [-0.25, -0.2) is 0 Å². The summed E-state index contributed by atoms with van der Waals surface area (Å²) in [6.07, 6.45) is 0.924. The molecule has 1 aromatic carbocycles. The van der Waals surface area contributed by atoms with E-state index in [2.05, 4.69) is 53.4 Å². The number of rotatable bonds is 4. The third kappa shape index (κ3) is 2.70. The number of hydrogen-bond donors (Lipinski definition) is 2. The number of nitrogens with two attached hydrogens (primary N) is 1. The molecule has 16 heavy (non-hydrogen) atoms. The Morgan fingerprint density at radius 2 is 2.00 bits per heavy atom. The minimum absolute atomic E-state index is 0.203. The number of benzene rings is 1. The van der Waals surface area contributed by atoms with E-state index in [0.717, 1.165) is 6.42 Å². The van der Waals surface area contributed by atoms with Crippen LogP contribution in [0.15, 0.2) is 41.1 Å². The van der Waals surface area contributed by atoms with Gasteiger partial charge in [0.15, 0.2) is 0 Å². The van der Waals surface area contributed by atoms with Crippen molar-refractivity contribution in [3.63, 3.8) is 0 Å². The van der Waals surface area contributed by atoms with Crippen LogP contribution < -0.4 is 11.3 Å². The van der Waals surface area contributed by atoms with Crippen LogP contribution in [0, 0.1) is 6.92 Å². The van der Waals surface area contributed by atoms with Crippen molar-refractivity contribution in [2.45, 2.75) is 19.4 Å². The lowest BCUT2D eigenvalue weighted by Gasteiger charge is -2.14. The Kier molecular flexibility index (Phi) is 3.72. The van der Waals surface area contributed by atoms with Crippen LogP contribution >= 0.6 is 11.3 Å². The van der Waals surface area contributed by atoms with E-state index in [9.17, 15) is 0 Å². The molecule has 0 aliphatic heterocycles. The molecule has 0 saturated carbocycles. The van der Waals surface area contributed by atoms with Crippen LogP contribution in [-0.4, -0.2) is 0 Å². The molecule has 2 nitrogen and oxygen atoms in total. The zero-order valence-corrected chi connectivity index (χ0v) is 10.1. The average molecular weight is 232 g/mol. The fourth-order valence-electron chi connectivity index (χ4n) is 1.71. The van der Waals surface area contributed by atoms with Gasteiger partial charge in [0.25, 0.3) is 0 Å². The molecule has 3 heteroatoms. The van der Waals surface area contributed by atoms with Gasteiger partial charge in [-0.2, -0.15) is 11.3 Å². The predicted octanol–water partition coefficient (Wildman–Crippen LogP) is 2.80. The molecular formula is C13H16N2S. The Morgan fingerprint density at radius 1 is 1.25 bits per heavy atom. The molecule has 3 N–H and O–H groups in total. The molecule has 1 heterocycles. The van der Waals surface area contributed by atoms with Crippen LogP contribution in [0.4, 0.5) is 0 Å². The summed E-state index contributed by atoms with van der Waals surface area (Å²) < 4.78 is 0. The summed E-state index contributed by atoms with van der Waals surface area (Å²) in [6, 6.07) is 10.9. The lowest BCUT2D eigenvalue weighted by atomic mass is 10.0. The summed E-state index contributed by atoms with van der Waals surface area (Å²) >= 11 is 1.70. The molecule has 1 aromatic heterocycles. The molecule has 1 unspecified atom stereocenters. The van der Waals surface area contributed by atoms with Gasteiger partial charge in [0.05, 0.1) is 6.04 Å². The molecule has 0 aliphatic carbocycles. The molecule has 1 atom stereocenters. The van der Waals surface area contributed by atoms with Crippen LogP contribution in [0.3, 0.4) is 0 Å². The van der Waals surface area contributed by atoms with Crippen molar-refractivity contribution in [3.05, 3.63) is 57.8 Å². The van der Waals surface area contributed by atoms with Gasteiger partial charge in [-0.3, -0.25) is 11.3 Å². The van der Waals surface area contributed by atoms with Crippen molar-refractivity contribution in [1.82, 2.24) is 5.43 Å². The third-order valence-corrected chi connectivity index (χ3v) is 3.41. The highest BCUT2D eigenvalue weighted by atomic mass is 32.1. The van der Waals surface area contributed by atoms with Crippen molar-refractivity contribution in [2.75, 3.05) is 0 Å². The Morgan fingerprint density at radius 3 is 2.56 bits per heavy atom. The smallest absolute Gasteiger partial charge is 0.0508 e. The Hall–Kier alpha value is -1.16. The lowest BCUT2D eigenvalue weighted by Crippen LogP contribution is -2.29. The second-order valence-corrected chi connectivity index (χ2v) is 4.75. The Labute approximate surface area is 100 Å². The minimum Gasteiger partial charge on any atom is -0.271 e. The van der Waals surface area contributed by atoms with Gasteiger partial charge in [0.1, 0.15) is 0 Å². The van der Waals surface area contributed by atoms with E-state index < -0.39 is 0 Å². The van der Waals surface area contributed by atoms with E-state index in [1.54, 1.807) is 11.3 Å². The number of aryl methyl sites for hydroxylation is 1. The standard InChI is InChI=1S/C13H16N2S/c1-10-2-4-11(5-3-10)8-13(15-14)12-6-7-16-9-12/h2-7,9,13,15H,8,14H2,1H3. The highest BCUT2D eigenvalue weighted by Gasteiger charge is 2.10. The first-order valence-corrected chi connectivity index (χ1v) is 6.27. The zero-order valence-electron chi connectivity index (χ0n) is 9.31. The molecule has 0 saturated heterocycles. The molecule has 2 rings (SSSR count). The van der Waals surface area contributed by atoms with E-state index in [1.807, 2.05) is 0 Å². The third-order valence-electron chi connectivity index (χ3n) is 2.71. The van der Waals surface area contributed by atoms with Crippen LogP contribution in [0.2, 0.25) is 0 Å². The first-order valence-electron chi connectivity index (χ1n) is 5.33. The molecule has 0 aliphatic rings. The van der Waals surface area contributed by atoms with Gasteiger partial charge in [-0.05, 0) is 41.3 Å². The summed E-state index contributed by atoms with van der Waals surface area (Å²) in [5.41, 5.74) is 6.73. The van der Waals surface area contributed by atoms with Crippen LogP contribution in [0.1, 0.15) is 22.7 Å².